The van der Waals surface area contributed by atoms with Gasteiger partial charge >= 0.3 is 0 Å². The van der Waals surface area contributed by atoms with Gasteiger partial charge in [-0.25, -0.2) is 0 Å². The number of rotatable bonds is 11. The molecule has 1 saturated heterocycles. The van der Waals surface area contributed by atoms with E-state index in [1.165, 1.54) is 25.1 Å². The van der Waals surface area contributed by atoms with Crippen LogP contribution >= 0.6 is 0 Å². The third-order valence-electron chi connectivity index (χ3n) is 5.88. The van der Waals surface area contributed by atoms with Crippen LogP contribution in [0.3, 0.4) is 0 Å². The second kappa shape index (κ2) is 12.6. The van der Waals surface area contributed by atoms with E-state index in [2.05, 4.69) is 64.4 Å². The van der Waals surface area contributed by atoms with Crippen molar-refractivity contribution in [2.75, 3.05) is 58.3 Å². The van der Waals surface area contributed by atoms with E-state index in [0.717, 1.165) is 50.9 Å². The van der Waals surface area contributed by atoms with Crippen molar-refractivity contribution in [1.82, 2.24) is 15.5 Å². The van der Waals surface area contributed by atoms with Crippen molar-refractivity contribution in [3.63, 3.8) is 0 Å². The number of nitrogens with zero attached hydrogens (tertiary/aromatic N) is 3. The fourth-order valence-electron chi connectivity index (χ4n) is 3.94. The molecule has 0 aromatic heterocycles. The number of methoxy groups -OCH3 is 1. The number of ether oxygens (including phenoxy) is 1. The summed E-state index contributed by atoms with van der Waals surface area (Å²) < 4.78 is 5.36. The summed E-state index contributed by atoms with van der Waals surface area (Å²) in [5.41, 5.74) is 1.25. The minimum Gasteiger partial charge on any atom is -0.497 e. The number of anilines is 1. The van der Waals surface area contributed by atoms with Gasteiger partial charge in [0.15, 0.2) is 5.96 Å². The van der Waals surface area contributed by atoms with E-state index >= 15 is 0 Å². The molecular weight excluding hydrogens is 362 g/mol. The highest BCUT2D eigenvalue weighted by Gasteiger charge is 2.23. The largest absolute Gasteiger partial charge is 0.497 e. The predicted octanol–water partition coefficient (Wildman–Crippen LogP) is 3.20. The van der Waals surface area contributed by atoms with Crippen LogP contribution in [0, 0.1) is 5.92 Å². The Labute approximate surface area is 177 Å². The highest BCUT2D eigenvalue weighted by atomic mass is 16.5. The summed E-state index contributed by atoms with van der Waals surface area (Å²) in [6.45, 7) is 13.3. The number of nitrogens with one attached hydrogen (secondary N) is 2. The van der Waals surface area contributed by atoms with Crippen molar-refractivity contribution in [1.29, 1.82) is 0 Å². The Morgan fingerprint density at radius 2 is 2.14 bits per heavy atom. The molecule has 0 saturated carbocycles. The quantitative estimate of drug-likeness (QED) is 0.439. The van der Waals surface area contributed by atoms with Crippen molar-refractivity contribution in [2.45, 2.75) is 46.1 Å². The maximum absolute atomic E-state index is 5.36. The van der Waals surface area contributed by atoms with Gasteiger partial charge < -0.3 is 25.2 Å². The van der Waals surface area contributed by atoms with Crippen molar-refractivity contribution < 1.29 is 4.74 Å². The molecule has 0 radical (unpaired) electrons. The van der Waals surface area contributed by atoms with E-state index in [0.29, 0.717) is 12.0 Å². The smallest absolute Gasteiger partial charge is 0.191 e. The van der Waals surface area contributed by atoms with E-state index in [9.17, 15) is 0 Å². The lowest BCUT2D eigenvalue weighted by Gasteiger charge is -2.22. The number of guanidine groups is 1. The molecule has 1 aliphatic rings. The lowest BCUT2D eigenvalue weighted by molar-refractivity contribution is 0.292. The second-order valence-corrected chi connectivity index (χ2v) is 7.97. The first kappa shape index (κ1) is 23.3. The molecule has 164 valence electrons. The third-order valence-corrected chi connectivity index (χ3v) is 5.88. The van der Waals surface area contributed by atoms with Crippen LogP contribution in [0.2, 0.25) is 0 Å². The molecule has 0 aliphatic carbocycles. The fraction of sp³-hybridized carbons (Fsp3) is 0.696. The first-order valence-corrected chi connectivity index (χ1v) is 11.2. The average Bonchev–Trinajstić information content (AvgIpc) is 3.23. The minimum atomic E-state index is 0.425. The molecule has 1 aromatic carbocycles. The highest BCUT2D eigenvalue weighted by molar-refractivity contribution is 5.79. The van der Waals surface area contributed by atoms with Crippen LogP contribution in [0.4, 0.5) is 5.69 Å². The summed E-state index contributed by atoms with van der Waals surface area (Å²) >= 11 is 0. The maximum Gasteiger partial charge on any atom is 0.191 e. The Morgan fingerprint density at radius 1 is 1.34 bits per heavy atom. The first-order chi connectivity index (χ1) is 14.1. The molecule has 1 aliphatic heterocycles. The summed E-state index contributed by atoms with van der Waals surface area (Å²) in [6, 6.07) is 8.77. The molecule has 1 fully saturated rings. The van der Waals surface area contributed by atoms with Crippen LogP contribution in [0.1, 0.15) is 40.0 Å². The van der Waals surface area contributed by atoms with Gasteiger partial charge in [-0.3, -0.25) is 4.99 Å². The molecule has 1 aromatic rings. The summed E-state index contributed by atoms with van der Waals surface area (Å²) in [7, 11) is 3.58. The molecular formula is C23H41N5O. The molecule has 2 N–H and O–H groups in total. The Hall–Kier alpha value is -1.95. The van der Waals surface area contributed by atoms with E-state index in [-0.39, 0.29) is 0 Å². The molecule has 2 atom stereocenters. The SMILES string of the molecule is CCN(CC)CCCC(C)NC(=NC)NCC1CCN(c2cccc(OC)c2)C1. The zero-order chi connectivity index (χ0) is 21.1. The average molecular weight is 404 g/mol. The van der Waals surface area contributed by atoms with Gasteiger partial charge in [0.1, 0.15) is 5.75 Å². The molecule has 6 heteroatoms. The lowest BCUT2D eigenvalue weighted by Crippen LogP contribution is -2.44. The van der Waals surface area contributed by atoms with Crippen LogP contribution in [-0.2, 0) is 0 Å². The van der Waals surface area contributed by atoms with Crippen LogP contribution in [-0.4, -0.2) is 70.3 Å². The van der Waals surface area contributed by atoms with Gasteiger partial charge in [0.25, 0.3) is 0 Å². The monoisotopic (exact) mass is 403 g/mol. The van der Waals surface area contributed by atoms with Gasteiger partial charge in [-0.05, 0) is 63.9 Å². The van der Waals surface area contributed by atoms with Gasteiger partial charge in [-0.2, -0.15) is 0 Å². The summed E-state index contributed by atoms with van der Waals surface area (Å²) in [5, 5.41) is 7.08. The maximum atomic E-state index is 5.36. The van der Waals surface area contributed by atoms with Crippen molar-refractivity contribution in [3.05, 3.63) is 24.3 Å². The summed E-state index contributed by atoms with van der Waals surface area (Å²) in [4.78, 5) is 9.34. The summed E-state index contributed by atoms with van der Waals surface area (Å²) in [5.74, 6) is 2.46. The molecule has 0 amide bonds. The van der Waals surface area contributed by atoms with Gasteiger partial charge in [-0.15, -0.1) is 0 Å². The number of benzene rings is 1. The van der Waals surface area contributed by atoms with Crippen LogP contribution in [0.25, 0.3) is 0 Å². The third kappa shape index (κ3) is 7.77. The molecule has 2 rings (SSSR count). The Balaban J connectivity index is 1.71. The minimum absolute atomic E-state index is 0.425. The topological polar surface area (TPSA) is 52.1 Å². The van der Waals surface area contributed by atoms with Crippen molar-refractivity contribution in [2.24, 2.45) is 10.9 Å². The molecule has 6 nitrogen and oxygen atoms in total. The van der Waals surface area contributed by atoms with Crippen LogP contribution in [0.5, 0.6) is 5.75 Å². The molecule has 0 bridgehead atoms. The van der Waals surface area contributed by atoms with E-state index in [1.807, 2.05) is 13.1 Å². The number of hydrogen-bond donors (Lipinski definition) is 2. The molecule has 0 spiro atoms. The van der Waals surface area contributed by atoms with Crippen molar-refractivity contribution >= 4 is 11.6 Å². The predicted molar refractivity (Wildman–Crippen MR) is 124 cm³/mol. The zero-order valence-electron chi connectivity index (χ0n) is 19.1. The normalized spacial score (nSPS) is 18.2. The highest BCUT2D eigenvalue weighted by Crippen LogP contribution is 2.26. The first-order valence-electron chi connectivity index (χ1n) is 11.2. The van der Waals surface area contributed by atoms with E-state index in [4.69, 9.17) is 4.74 Å². The van der Waals surface area contributed by atoms with E-state index < -0.39 is 0 Å². The van der Waals surface area contributed by atoms with Crippen LogP contribution in [0.15, 0.2) is 29.3 Å². The molecule has 1 heterocycles. The Bertz CT molecular complexity index is 617. The molecule has 29 heavy (non-hydrogen) atoms. The molecule has 2 unspecified atom stereocenters. The van der Waals surface area contributed by atoms with Gasteiger partial charge in [0.2, 0.25) is 0 Å². The number of hydrogen-bond acceptors (Lipinski definition) is 4. The standard InChI is InChI=1S/C23H41N5O/c1-6-27(7-2)14-9-10-19(3)26-23(24-4)25-17-20-13-15-28(18-20)21-11-8-12-22(16-21)29-5/h8,11-12,16,19-20H,6-7,9-10,13-15,17-18H2,1-5H3,(H2,24,25,26). The van der Waals surface area contributed by atoms with Gasteiger partial charge in [0, 0.05) is 44.5 Å². The zero-order valence-corrected chi connectivity index (χ0v) is 19.1. The summed E-state index contributed by atoms with van der Waals surface area (Å²) in [6.07, 6.45) is 3.57. The van der Waals surface area contributed by atoms with Gasteiger partial charge in [-0.1, -0.05) is 19.9 Å². The second-order valence-electron chi connectivity index (χ2n) is 7.97. The van der Waals surface area contributed by atoms with Gasteiger partial charge in [0.05, 0.1) is 7.11 Å². The van der Waals surface area contributed by atoms with E-state index in [1.54, 1.807) is 7.11 Å². The number of aliphatic imine (C=N–C) groups is 1. The van der Waals surface area contributed by atoms with Crippen molar-refractivity contribution in [3.8, 4) is 5.75 Å². The Kier molecular flexibility index (Phi) is 10.1. The van der Waals surface area contributed by atoms with Crippen LogP contribution < -0.4 is 20.3 Å². The lowest BCUT2D eigenvalue weighted by atomic mass is 10.1. The fourth-order valence-corrected chi connectivity index (χ4v) is 3.94. The Morgan fingerprint density at radius 3 is 2.83 bits per heavy atom.